The van der Waals surface area contributed by atoms with E-state index in [-0.39, 0.29) is 5.91 Å². The maximum absolute atomic E-state index is 13.1. The molecule has 0 atom stereocenters. The molecule has 1 saturated heterocycles. The van der Waals surface area contributed by atoms with Crippen molar-refractivity contribution in [3.05, 3.63) is 59.2 Å². The third-order valence-electron chi connectivity index (χ3n) is 5.44. The van der Waals surface area contributed by atoms with E-state index in [1.807, 2.05) is 53.4 Å². The number of nitrogens with zero attached hydrogens (tertiary/aromatic N) is 2. The predicted molar refractivity (Wildman–Crippen MR) is 117 cm³/mol. The third kappa shape index (κ3) is 4.15. The monoisotopic (exact) mass is 409 g/mol. The number of carbonyl (C=O) groups is 1. The minimum absolute atomic E-state index is 0.0153. The van der Waals surface area contributed by atoms with Gasteiger partial charge in [0.1, 0.15) is 11.4 Å². The molecule has 4 rings (SSSR count). The number of hydrogen-bond acceptors (Lipinski definition) is 4. The van der Waals surface area contributed by atoms with Crippen molar-refractivity contribution in [1.82, 2.24) is 9.88 Å². The Morgan fingerprint density at radius 1 is 1.17 bits per heavy atom. The van der Waals surface area contributed by atoms with Gasteiger partial charge in [0.25, 0.3) is 5.91 Å². The average molecular weight is 410 g/mol. The summed E-state index contributed by atoms with van der Waals surface area (Å²) in [5.74, 6) is 1.27. The molecule has 5 nitrogen and oxygen atoms in total. The first-order chi connectivity index (χ1) is 14.0. The molecule has 0 bridgehead atoms. The molecule has 0 saturated carbocycles. The van der Waals surface area contributed by atoms with Crippen molar-refractivity contribution in [2.45, 2.75) is 19.8 Å². The van der Waals surface area contributed by atoms with Crippen molar-refractivity contribution in [2.75, 3.05) is 25.5 Å². The number of likely N-dealkylation sites (tertiary alicyclic amines) is 1. The molecule has 1 aromatic heterocycles. The predicted octanol–water partition coefficient (Wildman–Crippen LogP) is 5.51. The summed E-state index contributed by atoms with van der Waals surface area (Å²) in [7, 11) is 1.59. The number of rotatable bonds is 4. The number of fused-ring (bicyclic) bond motifs is 1. The number of anilines is 2. The van der Waals surface area contributed by atoms with Gasteiger partial charge in [0.15, 0.2) is 0 Å². The van der Waals surface area contributed by atoms with Crippen LogP contribution in [0.15, 0.2) is 48.5 Å². The second-order valence-electron chi connectivity index (χ2n) is 7.52. The molecule has 0 unspecified atom stereocenters. The van der Waals surface area contributed by atoms with Crippen molar-refractivity contribution < 1.29 is 9.53 Å². The molecule has 1 fully saturated rings. The summed E-state index contributed by atoms with van der Waals surface area (Å²) in [6, 6.07) is 15.2. The number of benzene rings is 2. The molecule has 2 heterocycles. The second-order valence-corrected chi connectivity index (χ2v) is 7.93. The van der Waals surface area contributed by atoms with Crippen LogP contribution in [0.4, 0.5) is 11.4 Å². The smallest absolute Gasteiger partial charge is 0.272 e. The molecule has 1 amide bonds. The highest BCUT2D eigenvalue weighted by atomic mass is 35.5. The van der Waals surface area contributed by atoms with E-state index in [2.05, 4.69) is 17.2 Å². The van der Waals surface area contributed by atoms with Crippen LogP contribution in [0.3, 0.4) is 0 Å². The fourth-order valence-electron chi connectivity index (χ4n) is 3.66. The van der Waals surface area contributed by atoms with E-state index >= 15 is 0 Å². The normalized spacial score (nSPS) is 14.8. The lowest BCUT2D eigenvalue weighted by Crippen LogP contribution is -2.38. The zero-order chi connectivity index (χ0) is 20.4. The molecule has 1 aliphatic rings. The summed E-state index contributed by atoms with van der Waals surface area (Å²) in [6.45, 7) is 3.80. The highest BCUT2D eigenvalue weighted by molar-refractivity contribution is 6.32. The summed E-state index contributed by atoms with van der Waals surface area (Å²) in [5.41, 5.74) is 2.88. The van der Waals surface area contributed by atoms with E-state index in [1.54, 1.807) is 7.11 Å². The molecule has 3 aromatic rings. The number of nitrogens with one attached hydrogen (secondary N) is 1. The standard InChI is InChI=1S/C23H24ClN3O2/c1-15-9-11-27(12-10-15)23(28)21-14-20(17-5-3-4-6-19(17)26-21)25-16-7-8-22(29-2)18(24)13-16/h3-8,13-15H,9-12H2,1-2H3,(H,25,26). The summed E-state index contributed by atoms with van der Waals surface area (Å²) in [4.78, 5) is 19.6. The van der Waals surface area contributed by atoms with Gasteiger partial charge in [0, 0.05) is 24.2 Å². The first-order valence-electron chi connectivity index (χ1n) is 9.85. The topological polar surface area (TPSA) is 54.5 Å². The lowest BCUT2D eigenvalue weighted by atomic mass is 9.99. The lowest BCUT2D eigenvalue weighted by Gasteiger charge is -2.30. The minimum Gasteiger partial charge on any atom is -0.495 e. The summed E-state index contributed by atoms with van der Waals surface area (Å²) >= 11 is 6.27. The van der Waals surface area contributed by atoms with Gasteiger partial charge in [0.05, 0.1) is 23.3 Å². The van der Waals surface area contributed by atoms with Gasteiger partial charge in [-0.1, -0.05) is 36.7 Å². The first kappa shape index (κ1) is 19.5. The van der Waals surface area contributed by atoms with Gasteiger partial charge >= 0.3 is 0 Å². The highest BCUT2D eigenvalue weighted by Crippen LogP contribution is 2.32. The zero-order valence-electron chi connectivity index (χ0n) is 16.6. The van der Waals surface area contributed by atoms with Crippen LogP contribution in [0.2, 0.25) is 5.02 Å². The zero-order valence-corrected chi connectivity index (χ0v) is 17.4. The molecule has 0 aliphatic carbocycles. The maximum Gasteiger partial charge on any atom is 0.272 e. The Morgan fingerprint density at radius 2 is 1.93 bits per heavy atom. The van der Waals surface area contributed by atoms with Crippen LogP contribution >= 0.6 is 11.6 Å². The van der Waals surface area contributed by atoms with E-state index < -0.39 is 0 Å². The van der Waals surface area contributed by atoms with Crippen LogP contribution in [0.1, 0.15) is 30.3 Å². The van der Waals surface area contributed by atoms with Crippen LogP contribution in [0, 0.1) is 5.92 Å². The van der Waals surface area contributed by atoms with Crippen molar-refractivity contribution in [3.8, 4) is 5.75 Å². The first-order valence-corrected chi connectivity index (χ1v) is 10.2. The number of aromatic nitrogens is 1. The van der Waals surface area contributed by atoms with Gasteiger partial charge in [-0.3, -0.25) is 4.79 Å². The molecule has 150 valence electrons. The third-order valence-corrected chi connectivity index (χ3v) is 5.73. The van der Waals surface area contributed by atoms with Gasteiger partial charge < -0.3 is 15.0 Å². The molecule has 1 N–H and O–H groups in total. The van der Waals surface area contributed by atoms with Crippen molar-refractivity contribution in [2.24, 2.45) is 5.92 Å². The van der Waals surface area contributed by atoms with Gasteiger partial charge in [-0.25, -0.2) is 4.98 Å². The largest absolute Gasteiger partial charge is 0.495 e. The molecule has 0 spiro atoms. The van der Waals surface area contributed by atoms with E-state index in [0.29, 0.717) is 22.4 Å². The van der Waals surface area contributed by atoms with Crippen LogP contribution in [-0.4, -0.2) is 36.0 Å². The lowest BCUT2D eigenvalue weighted by molar-refractivity contribution is 0.0691. The number of ether oxygens (including phenoxy) is 1. The number of piperidine rings is 1. The molecule has 1 aliphatic heterocycles. The van der Waals surface area contributed by atoms with E-state index in [0.717, 1.165) is 48.2 Å². The average Bonchev–Trinajstić information content (AvgIpc) is 2.74. The van der Waals surface area contributed by atoms with Gasteiger partial charge in [0.2, 0.25) is 0 Å². The summed E-state index contributed by atoms with van der Waals surface area (Å²) in [6.07, 6.45) is 2.07. The van der Waals surface area contributed by atoms with Crippen molar-refractivity contribution >= 4 is 39.8 Å². The van der Waals surface area contributed by atoms with Gasteiger partial charge in [-0.05, 0) is 49.1 Å². The maximum atomic E-state index is 13.1. The second kappa shape index (κ2) is 8.29. The molecular weight excluding hydrogens is 386 g/mol. The number of carbonyl (C=O) groups excluding carboxylic acids is 1. The van der Waals surface area contributed by atoms with Crippen LogP contribution in [0.25, 0.3) is 10.9 Å². The number of halogens is 1. The number of pyridine rings is 1. The quantitative estimate of drug-likeness (QED) is 0.617. The van der Waals surface area contributed by atoms with Crippen LogP contribution in [-0.2, 0) is 0 Å². The summed E-state index contributed by atoms with van der Waals surface area (Å²) in [5, 5.41) is 4.86. The summed E-state index contributed by atoms with van der Waals surface area (Å²) < 4.78 is 5.23. The Balaban J connectivity index is 1.69. The Bertz CT molecular complexity index is 1050. The van der Waals surface area contributed by atoms with Gasteiger partial charge in [-0.2, -0.15) is 0 Å². The fourth-order valence-corrected chi connectivity index (χ4v) is 3.92. The molecule has 29 heavy (non-hydrogen) atoms. The minimum atomic E-state index is -0.0153. The van der Waals surface area contributed by atoms with E-state index in [4.69, 9.17) is 16.3 Å². The molecule has 0 radical (unpaired) electrons. The van der Waals surface area contributed by atoms with E-state index in [1.165, 1.54) is 0 Å². The fraction of sp³-hybridized carbons (Fsp3) is 0.304. The molecule has 6 heteroatoms. The molecule has 2 aromatic carbocycles. The Kier molecular flexibility index (Phi) is 5.58. The van der Waals surface area contributed by atoms with E-state index in [9.17, 15) is 4.79 Å². The number of amides is 1. The SMILES string of the molecule is COc1ccc(Nc2cc(C(=O)N3CCC(C)CC3)nc3ccccc23)cc1Cl. The number of hydrogen-bond donors (Lipinski definition) is 1. The highest BCUT2D eigenvalue weighted by Gasteiger charge is 2.23. The molecular formula is C23H24ClN3O2. The Morgan fingerprint density at radius 3 is 2.66 bits per heavy atom. The van der Waals surface area contributed by atoms with Crippen molar-refractivity contribution in [3.63, 3.8) is 0 Å². The Labute approximate surface area is 175 Å². The van der Waals surface area contributed by atoms with Crippen LogP contribution in [0.5, 0.6) is 5.75 Å². The number of methoxy groups -OCH3 is 1. The number of para-hydroxylation sites is 1. The van der Waals surface area contributed by atoms with Crippen LogP contribution < -0.4 is 10.1 Å². The van der Waals surface area contributed by atoms with Gasteiger partial charge in [-0.15, -0.1) is 0 Å². The van der Waals surface area contributed by atoms with Crippen molar-refractivity contribution in [1.29, 1.82) is 0 Å². The Hall–Kier alpha value is -2.79.